The lowest BCUT2D eigenvalue weighted by Gasteiger charge is -2.37. The van der Waals surface area contributed by atoms with E-state index in [9.17, 15) is 22.0 Å². The van der Waals surface area contributed by atoms with Gasteiger partial charge in [0.05, 0.1) is 11.5 Å². The Labute approximate surface area is 206 Å². The van der Waals surface area contributed by atoms with Crippen molar-refractivity contribution in [2.45, 2.75) is 96.3 Å². The Morgan fingerprint density at radius 2 is 1.11 bits per heavy atom. The molecule has 0 unspecified atom stereocenters. The molecule has 0 radical (unpaired) electrons. The van der Waals surface area contributed by atoms with E-state index in [-0.39, 0.29) is 5.75 Å². The molecule has 3 aliphatic rings. The molecule has 0 heterocycles. The first-order valence-electron chi connectivity index (χ1n) is 13.5. The number of halogens is 5. The van der Waals surface area contributed by atoms with Crippen LogP contribution >= 0.6 is 0 Å². The summed E-state index contributed by atoms with van der Waals surface area (Å²) >= 11 is 0. The number of allylic oxidation sites excluding steroid dienone is 2. The summed E-state index contributed by atoms with van der Waals surface area (Å²) in [6.07, 6.45) is 9.58. The number of hydrogen-bond donors (Lipinski definition) is 0. The highest BCUT2D eigenvalue weighted by Crippen LogP contribution is 2.43. The van der Waals surface area contributed by atoms with Crippen LogP contribution in [0.4, 0.5) is 22.0 Å². The topological polar surface area (TPSA) is 9.23 Å². The van der Waals surface area contributed by atoms with Crippen LogP contribution < -0.4 is 4.74 Å². The molecule has 0 bridgehead atoms. The van der Waals surface area contributed by atoms with Crippen molar-refractivity contribution in [1.29, 1.82) is 0 Å². The smallest absolute Gasteiger partial charge is 0.416 e. The molecule has 0 spiro atoms. The van der Waals surface area contributed by atoms with E-state index in [1.54, 1.807) is 0 Å². The molecule has 6 heteroatoms. The van der Waals surface area contributed by atoms with Crippen molar-refractivity contribution >= 4 is 0 Å². The molecule has 0 atom stereocenters. The Morgan fingerprint density at radius 3 is 1.60 bits per heavy atom. The standard InChI is InChI=1S/C29H39F5O/c1-20-2-10-23(11-3-20)24-12-6-21(7-13-24)4-5-22-8-14-26(15-9-22)29(33,34)35-27-18-16-25(17-19-27)28(30,31)32/h4-5,16-24,26H,2-3,6-15H2,1H3/b5-4+. The molecule has 0 aliphatic heterocycles. The Morgan fingerprint density at radius 1 is 0.657 bits per heavy atom. The van der Waals surface area contributed by atoms with Crippen molar-refractivity contribution in [2.24, 2.45) is 35.5 Å². The predicted octanol–water partition coefficient (Wildman–Crippen LogP) is 9.67. The second-order valence-corrected chi connectivity index (χ2v) is 11.4. The number of hydrogen-bond acceptors (Lipinski definition) is 1. The van der Waals surface area contributed by atoms with Crippen molar-refractivity contribution in [3.05, 3.63) is 42.0 Å². The fourth-order valence-corrected chi connectivity index (χ4v) is 6.48. The molecule has 35 heavy (non-hydrogen) atoms. The highest BCUT2D eigenvalue weighted by atomic mass is 19.4. The van der Waals surface area contributed by atoms with Gasteiger partial charge in [-0.1, -0.05) is 31.9 Å². The molecule has 3 saturated carbocycles. The van der Waals surface area contributed by atoms with Gasteiger partial charge in [0.15, 0.2) is 0 Å². The van der Waals surface area contributed by atoms with Gasteiger partial charge in [-0.15, -0.1) is 0 Å². The van der Waals surface area contributed by atoms with Crippen LogP contribution in [0, 0.1) is 35.5 Å². The van der Waals surface area contributed by atoms with Gasteiger partial charge in [0, 0.05) is 0 Å². The number of alkyl halides is 5. The van der Waals surface area contributed by atoms with Crippen LogP contribution in [-0.4, -0.2) is 6.11 Å². The van der Waals surface area contributed by atoms with Gasteiger partial charge in [-0.25, -0.2) is 0 Å². The highest BCUT2D eigenvalue weighted by molar-refractivity contribution is 5.29. The monoisotopic (exact) mass is 498 g/mol. The minimum atomic E-state index is -4.50. The molecule has 0 amide bonds. The summed E-state index contributed by atoms with van der Waals surface area (Å²) in [5.41, 5.74) is -0.877. The largest absolute Gasteiger partial charge is 0.432 e. The number of rotatable bonds is 6. The van der Waals surface area contributed by atoms with E-state index < -0.39 is 23.8 Å². The van der Waals surface area contributed by atoms with Crippen LogP contribution in [0.15, 0.2) is 36.4 Å². The summed E-state index contributed by atoms with van der Waals surface area (Å²) in [5.74, 6) is 2.53. The summed E-state index contributed by atoms with van der Waals surface area (Å²) in [6, 6.07) is 3.48. The average molecular weight is 499 g/mol. The van der Waals surface area contributed by atoms with Crippen LogP contribution in [-0.2, 0) is 6.18 Å². The van der Waals surface area contributed by atoms with E-state index in [1.165, 1.54) is 51.4 Å². The van der Waals surface area contributed by atoms with E-state index in [4.69, 9.17) is 4.74 Å². The van der Waals surface area contributed by atoms with Crippen LogP contribution in [0.3, 0.4) is 0 Å². The van der Waals surface area contributed by atoms with E-state index in [0.717, 1.165) is 42.0 Å². The minimum Gasteiger partial charge on any atom is -0.432 e. The van der Waals surface area contributed by atoms with Crippen molar-refractivity contribution in [1.82, 2.24) is 0 Å². The SMILES string of the molecule is CC1CCC(C2CCC(/C=C/C3CCC(C(F)(F)Oc4ccc(C(F)(F)F)cc4)CC3)CC2)CC1. The third-order valence-electron chi connectivity index (χ3n) is 8.88. The minimum absolute atomic E-state index is 0.233. The van der Waals surface area contributed by atoms with Gasteiger partial charge in [0.1, 0.15) is 5.75 Å². The van der Waals surface area contributed by atoms with Gasteiger partial charge in [0.2, 0.25) is 0 Å². The van der Waals surface area contributed by atoms with Crippen molar-refractivity contribution in [3.8, 4) is 5.75 Å². The van der Waals surface area contributed by atoms with Crippen molar-refractivity contribution < 1.29 is 26.7 Å². The molecule has 0 N–H and O–H groups in total. The van der Waals surface area contributed by atoms with Crippen LogP contribution in [0.2, 0.25) is 0 Å². The van der Waals surface area contributed by atoms with Crippen molar-refractivity contribution in [2.75, 3.05) is 0 Å². The first kappa shape index (κ1) is 26.5. The van der Waals surface area contributed by atoms with Crippen LogP contribution in [0.25, 0.3) is 0 Å². The fourth-order valence-electron chi connectivity index (χ4n) is 6.48. The number of benzene rings is 1. The molecule has 1 aromatic carbocycles. The zero-order valence-electron chi connectivity index (χ0n) is 20.7. The third kappa shape index (κ3) is 7.22. The molecule has 4 rings (SSSR count). The average Bonchev–Trinajstić information content (AvgIpc) is 2.83. The summed E-state index contributed by atoms with van der Waals surface area (Å²) in [7, 11) is 0. The van der Waals surface area contributed by atoms with E-state index >= 15 is 0 Å². The van der Waals surface area contributed by atoms with Gasteiger partial charge in [-0.2, -0.15) is 22.0 Å². The summed E-state index contributed by atoms with van der Waals surface area (Å²) in [6.45, 7) is 2.37. The Hall–Kier alpha value is -1.59. The van der Waals surface area contributed by atoms with Gasteiger partial charge >= 0.3 is 12.3 Å². The third-order valence-corrected chi connectivity index (χ3v) is 8.88. The summed E-state index contributed by atoms with van der Waals surface area (Å²) < 4.78 is 72.2. The van der Waals surface area contributed by atoms with E-state index in [1.807, 2.05) is 0 Å². The van der Waals surface area contributed by atoms with Gasteiger partial charge < -0.3 is 4.74 Å². The number of ether oxygens (including phenoxy) is 1. The Balaban J connectivity index is 1.19. The lowest BCUT2D eigenvalue weighted by molar-refractivity contribution is -0.223. The molecule has 1 nitrogen and oxygen atoms in total. The highest BCUT2D eigenvalue weighted by Gasteiger charge is 2.44. The molecular formula is C29H39F5O. The fraction of sp³-hybridized carbons (Fsp3) is 0.724. The summed E-state index contributed by atoms with van der Waals surface area (Å²) in [4.78, 5) is 0. The molecule has 3 fully saturated rings. The first-order valence-corrected chi connectivity index (χ1v) is 13.5. The lowest BCUT2D eigenvalue weighted by Crippen LogP contribution is -2.37. The quantitative estimate of drug-likeness (QED) is 0.280. The zero-order chi connectivity index (χ0) is 25.1. The Bertz CT molecular complexity index is 806. The zero-order valence-corrected chi connectivity index (χ0v) is 20.7. The second kappa shape index (κ2) is 11.2. The maximum Gasteiger partial charge on any atom is 0.416 e. The van der Waals surface area contributed by atoms with Crippen LogP contribution in [0.1, 0.15) is 89.5 Å². The summed E-state index contributed by atoms with van der Waals surface area (Å²) in [5, 5.41) is 0. The van der Waals surface area contributed by atoms with E-state index in [2.05, 4.69) is 19.1 Å². The molecular weight excluding hydrogens is 459 g/mol. The lowest BCUT2D eigenvalue weighted by atomic mass is 9.69. The van der Waals surface area contributed by atoms with Crippen LogP contribution in [0.5, 0.6) is 5.75 Å². The first-order chi connectivity index (χ1) is 16.6. The Kier molecular flexibility index (Phi) is 8.48. The van der Waals surface area contributed by atoms with E-state index in [0.29, 0.717) is 37.5 Å². The maximum atomic E-state index is 14.7. The maximum absolute atomic E-state index is 14.7. The molecule has 0 saturated heterocycles. The van der Waals surface area contributed by atoms with Crippen molar-refractivity contribution in [3.63, 3.8) is 0 Å². The predicted molar refractivity (Wildman–Crippen MR) is 128 cm³/mol. The molecule has 196 valence electrons. The molecule has 0 aromatic heterocycles. The molecule has 1 aromatic rings. The van der Waals surface area contributed by atoms with Gasteiger partial charge in [-0.05, 0) is 118 Å². The van der Waals surface area contributed by atoms with Gasteiger partial charge in [-0.3, -0.25) is 0 Å². The van der Waals surface area contributed by atoms with Gasteiger partial charge in [0.25, 0.3) is 0 Å². The molecule has 3 aliphatic carbocycles. The normalized spacial score (nSPS) is 33.1. The second-order valence-electron chi connectivity index (χ2n) is 11.4.